The van der Waals surface area contributed by atoms with Crippen LogP contribution in [0.1, 0.15) is 11.1 Å². The molecule has 2 aromatic rings. The van der Waals surface area contributed by atoms with E-state index in [0.29, 0.717) is 21.5 Å². The Morgan fingerprint density at radius 1 is 1.38 bits per heavy atom. The molecule has 0 saturated heterocycles. The molecule has 0 spiro atoms. The average molecular weight is 416 g/mol. The summed E-state index contributed by atoms with van der Waals surface area (Å²) in [6.45, 7) is -0.0708. The molecule has 0 aliphatic heterocycles. The van der Waals surface area contributed by atoms with Gasteiger partial charge in [0.2, 0.25) is 0 Å². The van der Waals surface area contributed by atoms with Crippen LogP contribution in [-0.2, 0) is 11.4 Å². The monoisotopic (exact) mass is 414 g/mol. The molecule has 0 aliphatic rings. The van der Waals surface area contributed by atoms with Gasteiger partial charge in [0.15, 0.2) is 11.5 Å². The fourth-order valence-electron chi connectivity index (χ4n) is 1.93. The Morgan fingerprint density at radius 3 is 2.75 bits per heavy atom. The second-order valence-electron chi connectivity index (χ2n) is 4.69. The number of ether oxygens (including phenoxy) is 2. The molecule has 0 saturated carbocycles. The minimum Gasteiger partial charge on any atom is -0.493 e. The van der Waals surface area contributed by atoms with Gasteiger partial charge in [0.1, 0.15) is 12.4 Å². The Kier molecular flexibility index (Phi) is 6.23. The Bertz CT molecular complexity index is 772. The Morgan fingerprint density at radius 2 is 2.12 bits per heavy atom. The summed E-state index contributed by atoms with van der Waals surface area (Å²) >= 11 is 9.31. The summed E-state index contributed by atoms with van der Waals surface area (Å²) < 4.78 is 25.3. The van der Waals surface area contributed by atoms with Crippen molar-refractivity contribution in [3.05, 3.63) is 62.8 Å². The van der Waals surface area contributed by atoms with Gasteiger partial charge in [0, 0.05) is 16.1 Å². The molecule has 0 radical (unpaired) electrons. The minimum atomic E-state index is -1.06. The summed E-state index contributed by atoms with van der Waals surface area (Å²) in [7, 11) is 1.46. The van der Waals surface area contributed by atoms with Crippen LogP contribution in [0, 0.1) is 5.82 Å². The van der Waals surface area contributed by atoms with Crippen molar-refractivity contribution in [1.82, 2.24) is 0 Å². The van der Waals surface area contributed by atoms with Gasteiger partial charge in [0.05, 0.1) is 12.1 Å². The SMILES string of the molecule is COc1cc(/C=C/C(=O)O)c(Br)cc1OCc1c(F)cccc1Cl. The maximum absolute atomic E-state index is 13.8. The molecule has 0 aliphatic carbocycles. The van der Waals surface area contributed by atoms with E-state index in [-0.39, 0.29) is 17.2 Å². The highest BCUT2D eigenvalue weighted by molar-refractivity contribution is 9.10. The van der Waals surface area contributed by atoms with Crippen molar-refractivity contribution in [2.24, 2.45) is 0 Å². The molecule has 0 fully saturated rings. The first-order valence-electron chi connectivity index (χ1n) is 6.76. The number of carboxylic acid groups (broad SMARTS) is 1. The molecular weight excluding hydrogens is 403 g/mol. The van der Waals surface area contributed by atoms with Gasteiger partial charge in [-0.15, -0.1) is 0 Å². The highest BCUT2D eigenvalue weighted by Gasteiger charge is 2.12. The van der Waals surface area contributed by atoms with Gasteiger partial charge in [-0.25, -0.2) is 9.18 Å². The number of hydrogen-bond acceptors (Lipinski definition) is 3. The van der Waals surface area contributed by atoms with Crippen molar-refractivity contribution in [2.45, 2.75) is 6.61 Å². The van der Waals surface area contributed by atoms with Gasteiger partial charge in [-0.2, -0.15) is 0 Å². The first-order valence-corrected chi connectivity index (χ1v) is 7.93. The average Bonchev–Trinajstić information content (AvgIpc) is 2.53. The molecule has 2 rings (SSSR count). The van der Waals surface area contributed by atoms with Crippen molar-refractivity contribution in [2.75, 3.05) is 7.11 Å². The van der Waals surface area contributed by atoms with E-state index in [2.05, 4.69) is 15.9 Å². The van der Waals surface area contributed by atoms with Crippen LogP contribution in [-0.4, -0.2) is 18.2 Å². The zero-order valence-corrected chi connectivity index (χ0v) is 14.9. The standard InChI is InChI=1S/C17H13BrClFO4/c1-23-15-7-10(5-6-17(21)22)12(18)8-16(15)24-9-11-13(19)3-2-4-14(11)20/h2-8H,9H2,1H3,(H,21,22)/b6-5+. The molecule has 7 heteroatoms. The van der Waals surface area contributed by atoms with Gasteiger partial charge in [-0.05, 0) is 35.9 Å². The highest BCUT2D eigenvalue weighted by atomic mass is 79.9. The first kappa shape index (κ1) is 18.3. The molecule has 4 nitrogen and oxygen atoms in total. The highest BCUT2D eigenvalue weighted by Crippen LogP contribution is 2.35. The summed E-state index contributed by atoms with van der Waals surface area (Å²) in [5, 5.41) is 8.98. The van der Waals surface area contributed by atoms with Gasteiger partial charge in [-0.3, -0.25) is 0 Å². The van der Waals surface area contributed by atoms with E-state index in [4.69, 9.17) is 26.2 Å². The molecule has 0 unspecified atom stereocenters. The van der Waals surface area contributed by atoms with E-state index < -0.39 is 11.8 Å². The lowest BCUT2D eigenvalue weighted by Crippen LogP contribution is -2.01. The number of carbonyl (C=O) groups is 1. The fourth-order valence-corrected chi connectivity index (χ4v) is 2.60. The van der Waals surface area contributed by atoms with Crippen LogP contribution in [0.25, 0.3) is 6.08 Å². The smallest absolute Gasteiger partial charge is 0.328 e. The van der Waals surface area contributed by atoms with Crippen molar-refractivity contribution < 1.29 is 23.8 Å². The van der Waals surface area contributed by atoms with Crippen molar-refractivity contribution in [3.8, 4) is 11.5 Å². The topological polar surface area (TPSA) is 55.8 Å². The third-order valence-electron chi connectivity index (χ3n) is 3.12. The Balaban J connectivity index is 2.27. The third-order valence-corrected chi connectivity index (χ3v) is 4.16. The molecular formula is C17H13BrClFO4. The molecule has 0 heterocycles. The van der Waals surface area contributed by atoms with E-state index >= 15 is 0 Å². The minimum absolute atomic E-state index is 0.0708. The van der Waals surface area contributed by atoms with Crippen LogP contribution in [0.15, 0.2) is 40.9 Å². The van der Waals surface area contributed by atoms with Crippen LogP contribution in [0.2, 0.25) is 5.02 Å². The lowest BCUT2D eigenvalue weighted by molar-refractivity contribution is -0.131. The number of rotatable bonds is 6. The quantitative estimate of drug-likeness (QED) is 0.680. The van der Waals surface area contributed by atoms with Crippen LogP contribution in [0.4, 0.5) is 4.39 Å². The van der Waals surface area contributed by atoms with Crippen molar-refractivity contribution in [3.63, 3.8) is 0 Å². The molecule has 0 atom stereocenters. The van der Waals surface area contributed by atoms with E-state index in [9.17, 15) is 9.18 Å². The predicted octanol–water partition coefficient (Wildman–Crippen LogP) is 4.93. The van der Waals surface area contributed by atoms with E-state index in [1.54, 1.807) is 18.2 Å². The molecule has 0 bridgehead atoms. The van der Waals surface area contributed by atoms with E-state index in [1.165, 1.54) is 25.3 Å². The first-order chi connectivity index (χ1) is 11.4. The molecule has 0 amide bonds. The zero-order chi connectivity index (χ0) is 17.7. The number of hydrogen-bond donors (Lipinski definition) is 1. The Hall–Kier alpha value is -2.05. The van der Waals surface area contributed by atoms with Gasteiger partial charge >= 0.3 is 5.97 Å². The number of aliphatic carboxylic acids is 1. The van der Waals surface area contributed by atoms with Crippen LogP contribution >= 0.6 is 27.5 Å². The number of carboxylic acids is 1. The van der Waals surface area contributed by atoms with Crippen molar-refractivity contribution >= 4 is 39.6 Å². The number of benzene rings is 2. The summed E-state index contributed by atoms with van der Waals surface area (Å²) in [6.07, 6.45) is 2.44. The van der Waals surface area contributed by atoms with E-state index in [1.807, 2.05) is 0 Å². The van der Waals surface area contributed by atoms with Crippen LogP contribution in [0.3, 0.4) is 0 Å². The normalized spacial score (nSPS) is 10.8. The maximum Gasteiger partial charge on any atom is 0.328 e. The number of methoxy groups -OCH3 is 1. The van der Waals surface area contributed by atoms with Crippen molar-refractivity contribution in [1.29, 1.82) is 0 Å². The van der Waals surface area contributed by atoms with Crippen LogP contribution < -0.4 is 9.47 Å². The summed E-state index contributed by atoms with van der Waals surface area (Å²) in [6, 6.07) is 7.63. The molecule has 1 N–H and O–H groups in total. The van der Waals surface area contributed by atoms with E-state index in [0.717, 1.165) is 6.08 Å². The Labute approximate surface area is 151 Å². The lowest BCUT2D eigenvalue weighted by Gasteiger charge is -2.14. The molecule has 126 valence electrons. The molecule has 24 heavy (non-hydrogen) atoms. The third kappa shape index (κ3) is 4.49. The maximum atomic E-state index is 13.8. The van der Waals surface area contributed by atoms with Crippen LogP contribution in [0.5, 0.6) is 11.5 Å². The largest absolute Gasteiger partial charge is 0.493 e. The van der Waals surface area contributed by atoms with Gasteiger partial charge in [-0.1, -0.05) is 33.6 Å². The second kappa shape index (κ2) is 8.17. The summed E-state index contributed by atoms with van der Waals surface area (Å²) in [4.78, 5) is 10.6. The molecule has 0 aromatic heterocycles. The number of halogens is 3. The summed E-state index contributed by atoms with van der Waals surface area (Å²) in [5.74, 6) is -0.760. The predicted molar refractivity (Wildman–Crippen MR) is 93.1 cm³/mol. The lowest BCUT2D eigenvalue weighted by atomic mass is 10.2. The van der Waals surface area contributed by atoms with Gasteiger partial charge < -0.3 is 14.6 Å². The van der Waals surface area contributed by atoms with Gasteiger partial charge in [0.25, 0.3) is 0 Å². The summed E-state index contributed by atoms with van der Waals surface area (Å²) in [5.41, 5.74) is 0.845. The fraction of sp³-hybridized carbons (Fsp3) is 0.118. The molecule has 2 aromatic carbocycles. The second-order valence-corrected chi connectivity index (χ2v) is 5.95. The zero-order valence-electron chi connectivity index (χ0n) is 12.6.